The number of hydrogen-bond donors (Lipinski definition) is 1. The van der Waals surface area contributed by atoms with Crippen LogP contribution in [0.4, 0.5) is 0 Å². The van der Waals surface area contributed by atoms with Crippen molar-refractivity contribution in [3.05, 3.63) is 22.4 Å². The van der Waals surface area contributed by atoms with E-state index in [1.807, 2.05) is 6.92 Å². The van der Waals surface area contributed by atoms with E-state index < -0.39 is 0 Å². The first-order valence-corrected chi connectivity index (χ1v) is 5.53. The van der Waals surface area contributed by atoms with Crippen LogP contribution >= 0.6 is 11.3 Å². The Hall–Kier alpha value is -0.380. The van der Waals surface area contributed by atoms with Crippen LogP contribution in [0.25, 0.3) is 0 Å². The molecule has 0 fully saturated rings. The van der Waals surface area contributed by atoms with Gasteiger partial charge in [0.2, 0.25) is 0 Å². The van der Waals surface area contributed by atoms with Crippen molar-refractivity contribution in [3.8, 4) is 0 Å². The Labute approximate surface area is 83.8 Å². The van der Waals surface area contributed by atoms with Gasteiger partial charge in [-0.3, -0.25) is 4.90 Å². The molecule has 1 rings (SSSR count). The smallest absolute Gasteiger partial charge is 0.0639 e. The standard InChI is InChI=1S/C10H17NOS/c1-3-11(7-9(2)12)8-10-5-4-6-13-10/h4-6,9,12H,3,7-8H2,1-2H3/t9-/m1/s1. The Morgan fingerprint density at radius 2 is 2.38 bits per heavy atom. The minimum absolute atomic E-state index is 0.236. The highest BCUT2D eigenvalue weighted by Crippen LogP contribution is 2.11. The molecule has 2 nitrogen and oxygen atoms in total. The van der Waals surface area contributed by atoms with Crippen molar-refractivity contribution in [2.75, 3.05) is 13.1 Å². The highest BCUT2D eigenvalue weighted by Gasteiger charge is 2.06. The van der Waals surface area contributed by atoms with Gasteiger partial charge in [-0.1, -0.05) is 13.0 Å². The van der Waals surface area contributed by atoms with Gasteiger partial charge in [-0.05, 0) is 24.9 Å². The van der Waals surface area contributed by atoms with E-state index in [2.05, 4.69) is 29.3 Å². The molecule has 74 valence electrons. The molecule has 13 heavy (non-hydrogen) atoms. The summed E-state index contributed by atoms with van der Waals surface area (Å²) in [5.74, 6) is 0. The molecular formula is C10H17NOS. The fourth-order valence-electron chi connectivity index (χ4n) is 1.30. The van der Waals surface area contributed by atoms with Crippen molar-refractivity contribution in [1.82, 2.24) is 4.90 Å². The number of hydrogen-bond acceptors (Lipinski definition) is 3. The fraction of sp³-hybridized carbons (Fsp3) is 0.600. The highest BCUT2D eigenvalue weighted by molar-refractivity contribution is 7.09. The van der Waals surface area contributed by atoms with Crippen molar-refractivity contribution in [2.45, 2.75) is 26.5 Å². The molecule has 0 amide bonds. The SMILES string of the molecule is CCN(Cc1cccs1)C[C@@H](C)O. The first kappa shape index (κ1) is 10.7. The zero-order chi connectivity index (χ0) is 9.68. The average molecular weight is 199 g/mol. The van der Waals surface area contributed by atoms with Crippen molar-refractivity contribution in [3.63, 3.8) is 0 Å². The number of rotatable bonds is 5. The average Bonchev–Trinajstić information content (AvgIpc) is 2.55. The van der Waals surface area contributed by atoms with E-state index in [-0.39, 0.29) is 6.10 Å². The maximum absolute atomic E-state index is 9.24. The summed E-state index contributed by atoms with van der Waals surface area (Å²) in [4.78, 5) is 3.61. The first-order chi connectivity index (χ1) is 6.22. The van der Waals surface area contributed by atoms with Crippen LogP contribution in [0, 0.1) is 0 Å². The van der Waals surface area contributed by atoms with Gasteiger partial charge in [0, 0.05) is 18.0 Å². The Morgan fingerprint density at radius 1 is 1.62 bits per heavy atom. The van der Waals surface area contributed by atoms with E-state index in [4.69, 9.17) is 0 Å². The third kappa shape index (κ3) is 3.89. The lowest BCUT2D eigenvalue weighted by Crippen LogP contribution is -2.30. The molecule has 0 saturated heterocycles. The summed E-state index contributed by atoms with van der Waals surface area (Å²) in [7, 11) is 0. The third-order valence-electron chi connectivity index (χ3n) is 1.93. The number of likely N-dealkylation sites (N-methyl/N-ethyl adjacent to an activating group) is 1. The summed E-state index contributed by atoms with van der Waals surface area (Å²) in [6.45, 7) is 6.66. The van der Waals surface area contributed by atoms with Crippen molar-refractivity contribution in [2.24, 2.45) is 0 Å². The summed E-state index contributed by atoms with van der Waals surface area (Å²) >= 11 is 1.77. The molecular weight excluding hydrogens is 182 g/mol. The highest BCUT2D eigenvalue weighted by atomic mass is 32.1. The zero-order valence-corrected chi connectivity index (χ0v) is 9.05. The minimum Gasteiger partial charge on any atom is -0.392 e. The minimum atomic E-state index is -0.236. The van der Waals surface area contributed by atoms with Gasteiger partial charge in [0.25, 0.3) is 0 Å². The molecule has 0 bridgehead atoms. The van der Waals surface area contributed by atoms with Crippen molar-refractivity contribution in [1.29, 1.82) is 0 Å². The van der Waals surface area contributed by atoms with Crippen molar-refractivity contribution >= 4 is 11.3 Å². The molecule has 1 atom stereocenters. The van der Waals surface area contributed by atoms with E-state index in [1.165, 1.54) is 4.88 Å². The quantitative estimate of drug-likeness (QED) is 0.783. The summed E-state index contributed by atoms with van der Waals surface area (Å²) in [6.07, 6.45) is -0.236. The molecule has 0 radical (unpaired) electrons. The van der Waals surface area contributed by atoms with Gasteiger partial charge in [-0.15, -0.1) is 11.3 Å². The van der Waals surface area contributed by atoms with Gasteiger partial charge in [0.05, 0.1) is 6.10 Å². The van der Waals surface area contributed by atoms with Gasteiger partial charge in [-0.2, -0.15) is 0 Å². The Balaban J connectivity index is 2.40. The van der Waals surface area contributed by atoms with Gasteiger partial charge in [0.1, 0.15) is 0 Å². The molecule has 1 aromatic heterocycles. The van der Waals surface area contributed by atoms with E-state index in [1.54, 1.807) is 11.3 Å². The Kier molecular flexibility index (Phi) is 4.42. The zero-order valence-electron chi connectivity index (χ0n) is 8.23. The molecule has 0 aliphatic carbocycles. The third-order valence-corrected chi connectivity index (χ3v) is 2.79. The van der Waals surface area contributed by atoms with Crippen LogP contribution in [0.2, 0.25) is 0 Å². The van der Waals surface area contributed by atoms with Crippen LogP contribution < -0.4 is 0 Å². The van der Waals surface area contributed by atoms with Crippen LogP contribution in [0.5, 0.6) is 0 Å². The van der Waals surface area contributed by atoms with Gasteiger partial charge in [-0.25, -0.2) is 0 Å². The normalized spacial score (nSPS) is 13.5. The van der Waals surface area contributed by atoms with E-state index in [9.17, 15) is 5.11 Å². The molecule has 0 unspecified atom stereocenters. The molecule has 0 aromatic carbocycles. The maximum Gasteiger partial charge on any atom is 0.0639 e. The van der Waals surface area contributed by atoms with Gasteiger partial charge < -0.3 is 5.11 Å². The second kappa shape index (κ2) is 5.37. The van der Waals surface area contributed by atoms with Crippen LogP contribution in [0.15, 0.2) is 17.5 Å². The van der Waals surface area contributed by atoms with Crippen LogP contribution in [-0.2, 0) is 6.54 Å². The lowest BCUT2D eigenvalue weighted by atomic mass is 10.3. The van der Waals surface area contributed by atoms with Crippen LogP contribution in [-0.4, -0.2) is 29.2 Å². The Bertz CT molecular complexity index is 221. The molecule has 0 saturated carbocycles. The maximum atomic E-state index is 9.24. The lowest BCUT2D eigenvalue weighted by Gasteiger charge is -2.20. The molecule has 3 heteroatoms. The number of nitrogens with zero attached hydrogens (tertiary/aromatic N) is 1. The second-order valence-corrected chi connectivity index (χ2v) is 4.29. The molecule has 0 spiro atoms. The predicted molar refractivity (Wildman–Crippen MR) is 57.0 cm³/mol. The largest absolute Gasteiger partial charge is 0.392 e. The molecule has 0 aliphatic rings. The van der Waals surface area contributed by atoms with E-state index in [0.717, 1.165) is 19.6 Å². The molecule has 1 N–H and O–H groups in total. The number of aliphatic hydroxyl groups is 1. The van der Waals surface area contributed by atoms with E-state index >= 15 is 0 Å². The summed E-state index contributed by atoms with van der Waals surface area (Å²) in [5.41, 5.74) is 0. The van der Waals surface area contributed by atoms with Gasteiger partial charge >= 0.3 is 0 Å². The molecule has 0 aliphatic heterocycles. The molecule has 1 aromatic rings. The number of aliphatic hydroxyl groups excluding tert-OH is 1. The second-order valence-electron chi connectivity index (χ2n) is 3.26. The molecule has 1 heterocycles. The van der Waals surface area contributed by atoms with Crippen molar-refractivity contribution < 1.29 is 5.11 Å². The van der Waals surface area contributed by atoms with E-state index in [0.29, 0.717) is 0 Å². The van der Waals surface area contributed by atoms with Gasteiger partial charge in [0.15, 0.2) is 0 Å². The summed E-state index contributed by atoms with van der Waals surface area (Å²) in [6, 6.07) is 4.20. The summed E-state index contributed by atoms with van der Waals surface area (Å²) < 4.78 is 0. The van der Waals surface area contributed by atoms with Crippen LogP contribution in [0.1, 0.15) is 18.7 Å². The Morgan fingerprint density at radius 3 is 2.85 bits per heavy atom. The van der Waals surface area contributed by atoms with Crippen LogP contribution in [0.3, 0.4) is 0 Å². The number of thiophene rings is 1. The topological polar surface area (TPSA) is 23.5 Å². The lowest BCUT2D eigenvalue weighted by molar-refractivity contribution is 0.126. The predicted octanol–water partition coefficient (Wildman–Crippen LogP) is 1.95. The summed E-state index contributed by atoms with van der Waals surface area (Å²) in [5, 5.41) is 11.3. The first-order valence-electron chi connectivity index (χ1n) is 4.65. The monoisotopic (exact) mass is 199 g/mol. The fourth-order valence-corrected chi connectivity index (χ4v) is 2.05.